The first kappa shape index (κ1) is 20.1. The third-order valence-corrected chi connectivity index (χ3v) is 8.75. The zero-order valence-electron chi connectivity index (χ0n) is 14.3. The monoisotopic (exact) mass is 433 g/mol. The lowest BCUT2D eigenvalue weighted by Gasteiger charge is -2.17. The molecule has 1 fully saturated rings. The van der Waals surface area contributed by atoms with Crippen LogP contribution in [-0.2, 0) is 19.9 Å². The molecule has 1 aliphatic heterocycles. The molecule has 1 saturated heterocycles. The fourth-order valence-corrected chi connectivity index (χ4v) is 6.37. The van der Waals surface area contributed by atoms with Gasteiger partial charge in [0.15, 0.2) is 21.4 Å². The van der Waals surface area contributed by atoms with E-state index in [-0.39, 0.29) is 35.1 Å². The minimum absolute atomic E-state index is 0.0352. The van der Waals surface area contributed by atoms with E-state index in [2.05, 4.69) is 0 Å². The molecule has 0 bridgehead atoms. The van der Waals surface area contributed by atoms with E-state index in [0.717, 1.165) is 10.4 Å². The summed E-state index contributed by atoms with van der Waals surface area (Å²) in [5, 5.41) is -0.470. The molecule has 0 radical (unpaired) electrons. The van der Waals surface area contributed by atoms with E-state index < -0.39 is 30.9 Å². The van der Waals surface area contributed by atoms with E-state index in [1.807, 2.05) is 0 Å². The van der Waals surface area contributed by atoms with E-state index >= 15 is 0 Å². The Morgan fingerprint density at radius 2 is 1.70 bits per heavy atom. The Kier molecular flexibility index (Phi) is 5.49. The maximum Gasteiger partial charge on any atom is 0.243 e. The first-order valence-electron chi connectivity index (χ1n) is 7.99. The highest BCUT2D eigenvalue weighted by atomic mass is 35.5. The molecule has 0 aromatic heterocycles. The van der Waals surface area contributed by atoms with Crippen LogP contribution in [0.4, 0.5) is 4.39 Å². The number of nitrogens with zero attached hydrogens (tertiary/aromatic N) is 1. The zero-order valence-corrected chi connectivity index (χ0v) is 16.7. The van der Waals surface area contributed by atoms with Crippen LogP contribution in [-0.4, -0.2) is 46.6 Å². The van der Waals surface area contributed by atoms with E-state index in [4.69, 9.17) is 16.3 Å². The summed E-state index contributed by atoms with van der Waals surface area (Å²) in [5.74, 6) is -0.873. The van der Waals surface area contributed by atoms with Crippen LogP contribution < -0.4 is 4.74 Å². The maximum atomic E-state index is 13.9. The van der Waals surface area contributed by atoms with Crippen LogP contribution in [0.25, 0.3) is 0 Å². The Bertz CT molecular complexity index is 1060. The van der Waals surface area contributed by atoms with Crippen molar-refractivity contribution >= 4 is 31.5 Å². The summed E-state index contributed by atoms with van der Waals surface area (Å²) in [6.07, 6.45) is 0.156. The van der Waals surface area contributed by atoms with Crippen molar-refractivity contribution in [2.45, 2.75) is 21.5 Å². The van der Waals surface area contributed by atoms with Crippen LogP contribution in [0, 0.1) is 5.82 Å². The van der Waals surface area contributed by atoms with Crippen molar-refractivity contribution < 1.29 is 26.0 Å². The number of halogens is 2. The molecule has 0 aliphatic carbocycles. The first-order valence-corrected chi connectivity index (χ1v) is 11.4. The molecule has 2 aromatic rings. The van der Waals surface area contributed by atoms with Gasteiger partial charge in [0.05, 0.1) is 22.2 Å². The van der Waals surface area contributed by atoms with Crippen LogP contribution >= 0.6 is 11.6 Å². The number of benzene rings is 2. The van der Waals surface area contributed by atoms with Gasteiger partial charge in [-0.3, -0.25) is 0 Å². The summed E-state index contributed by atoms with van der Waals surface area (Å²) in [5.41, 5.74) is 0. The van der Waals surface area contributed by atoms with Gasteiger partial charge in [-0.1, -0.05) is 11.6 Å². The predicted octanol–water partition coefficient (Wildman–Crippen LogP) is 2.72. The molecule has 3 rings (SSSR count). The largest absolute Gasteiger partial charge is 0.494 e. The van der Waals surface area contributed by atoms with Gasteiger partial charge in [0.1, 0.15) is 0 Å². The van der Waals surface area contributed by atoms with Gasteiger partial charge in [0.25, 0.3) is 0 Å². The third kappa shape index (κ3) is 3.82. The quantitative estimate of drug-likeness (QED) is 0.724. The molecule has 6 nitrogen and oxygen atoms in total. The second-order valence-electron chi connectivity index (χ2n) is 6.07. The molecule has 0 spiro atoms. The Labute approximate surface area is 162 Å². The van der Waals surface area contributed by atoms with E-state index in [0.29, 0.717) is 5.02 Å². The molecular formula is C17H17ClFNO5S2. The molecular weight excluding hydrogens is 417 g/mol. The fourth-order valence-electron chi connectivity index (χ4n) is 2.94. The highest BCUT2D eigenvalue weighted by molar-refractivity contribution is 7.92. The van der Waals surface area contributed by atoms with Crippen LogP contribution in [0.2, 0.25) is 5.02 Å². The molecule has 0 saturated carbocycles. The molecule has 1 unspecified atom stereocenters. The molecule has 0 N–H and O–H groups in total. The van der Waals surface area contributed by atoms with Crippen molar-refractivity contribution in [3.05, 3.63) is 53.3 Å². The molecule has 1 heterocycles. The lowest BCUT2D eigenvalue weighted by molar-refractivity contribution is 0.385. The van der Waals surface area contributed by atoms with Gasteiger partial charge >= 0.3 is 0 Å². The van der Waals surface area contributed by atoms with Crippen molar-refractivity contribution in [3.63, 3.8) is 0 Å². The lowest BCUT2D eigenvalue weighted by Crippen LogP contribution is -2.32. The summed E-state index contributed by atoms with van der Waals surface area (Å²) >= 11 is 5.78. The summed E-state index contributed by atoms with van der Waals surface area (Å²) in [6.45, 7) is -0.158. The van der Waals surface area contributed by atoms with Gasteiger partial charge < -0.3 is 4.74 Å². The number of hydrogen-bond donors (Lipinski definition) is 0. The van der Waals surface area contributed by atoms with Gasteiger partial charge in [0.2, 0.25) is 10.0 Å². The van der Waals surface area contributed by atoms with Crippen molar-refractivity contribution in [2.75, 3.05) is 20.2 Å². The Morgan fingerprint density at radius 3 is 2.30 bits per heavy atom. The molecule has 2 aromatic carbocycles. The van der Waals surface area contributed by atoms with Crippen molar-refractivity contribution in [1.29, 1.82) is 0 Å². The summed E-state index contributed by atoms with van der Waals surface area (Å²) in [4.78, 5) is -0.156. The molecule has 0 amide bonds. The van der Waals surface area contributed by atoms with E-state index in [9.17, 15) is 21.2 Å². The maximum absolute atomic E-state index is 13.9. The van der Waals surface area contributed by atoms with Crippen LogP contribution in [0.1, 0.15) is 6.42 Å². The van der Waals surface area contributed by atoms with Crippen LogP contribution in [0.3, 0.4) is 0 Å². The molecule has 1 atom stereocenters. The SMILES string of the molecule is COc1ccc(S(=O)(=O)N2CCC(S(=O)(=O)c3ccc(Cl)cc3)C2)cc1F. The predicted molar refractivity (Wildman–Crippen MR) is 98.8 cm³/mol. The number of hydrogen-bond acceptors (Lipinski definition) is 5. The average molecular weight is 434 g/mol. The van der Waals surface area contributed by atoms with Gasteiger partial charge in [-0.05, 0) is 48.9 Å². The Hall–Kier alpha value is -1.68. The number of sulfonamides is 1. The fraction of sp³-hybridized carbons (Fsp3) is 0.294. The molecule has 27 heavy (non-hydrogen) atoms. The minimum atomic E-state index is -4.02. The Morgan fingerprint density at radius 1 is 1.07 bits per heavy atom. The van der Waals surface area contributed by atoms with Crippen molar-refractivity contribution in [2.24, 2.45) is 0 Å². The smallest absolute Gasteiger partial charge is 0.243 e. The minimum Gasteiger partial charge on any atom is -0.494 e. The number of ether oxygens (including phenoxy) is 1. The van der Waals surface area contributed by atoms with Crippen LogP contribution in [0.15, 0.2) is 52.3 Å². The second kappa shape index (κ2) is 7.38. The normalized spacial score (nSPS) is 18.6. The average Bonchev–Trinajstić information content (AvgIpc) is 3.14. The summed E-state index contributed by atoms with van der Waals surface area (Å²) in [6, 6.07) is 9.06. The standard InChI is InChI=1S/C17H17ClFNO5S2/c1-25-17-7-6-14(10-16(17)19)27(23,24)20-9-8-15(11-20)26(21,22)13-4-2-12(18)3-5-13/h2-7,10,15H,8-9,11H2,1H3. The van der Waals surface area contributed by atoms with Gasteiger partial charge in [-0.25, -0.2) is 21.2 Å². The van der Waals surface area contributed by atoms with Crippen LogP contribution in [0.5, 0.6) is 5.75 Å². The topological polar surface area (TPSA) is 80.8 Å². The van der Waals surface area contributed by atoms with Gasteiger partial charge in [0, 0.05) is 18.1 Å². The van der Waals surface area contributed by atoms with E-state index in [1.165, 1.54) is 43.5 Å². The first-order chi connectivity index (χ1) is 12.7. The highest BCUT2D eigenvalue weighted by Crippen LogP contribution is 2.30. The molecule has 146 valence electrons. The zero-order chi connectivity index (χ0) is 19.8. The van der Waals surface area contributed by atoms with Gasteiger partial charge in [-0.2, -0.15) is 4.31 Å². The summed E-state index contributed by atoms with van der Waals surface area (Å²) < 4.78 is 70.7. The Balaban J connectivity index is 1.84. The number of rotatable bonds is 5. The van der Waals surface area contributed by atoms with Gasteiger partial charge in [-0.15, -0.1) is 0 Å². The molecule has 10 heteroatoms. The summed E-state index contributed by atoms with van der Waals surface area (Å²) in [7, 11) is -6.45. The van der Waals surface area contributed by atoms with Crippen molar-refractivity contribution in [1.82, 2.24) is 4.31 Å². The third-order valence-electron chi connectivity index (χ3n) is 4.45. The number of methoxy groups -OCH3 is 1. The second-order valence-corrected chi connectivity index (χ2v) is 10.7. The molecule has 1 aliphatic rings. The van der Waals surface area contributed by atoms with Crippen molar-refractivity contribution in [3.8, 4) is 5.75 Å². The lowest BCUT2D eigenvalue weighted by atomic mass is 10.3. The number of sulfone groups is 1. The highest BCUT2D eigenvalue weighted by Gasteiger charge is 2.39. The van der Waals surface area contributed by atoms with E-state index in [1.54, 1.807) is 0 Å².